The van der Waals surface area contributed by atoms with Crippen LogP contribution in [0.4, 0.5) is 0 Å². The van der Waals surface area contributed by atoms with Crippen molar-refractivity contribution < 1.29 is 20.1 Å². The monoisotopic (exact) mass is 331 g/mol. The molecule has 6 heteroatoms. The summed E-state index contributed by atoms with van der Waals surface area (Å²) in [5.41, 5.74) is 1.76. The maximum Gasteiger partial charge on any atom is 0.307 e. The van der Waals surface area contributed by atoms with Crippen LogP contribution in [0.1, 0.15) is 11.1 Å². The smallest absolute Gasteiger partial charge is 0.307 e. The number of fused-ring (bicyclic) bond motifs is 1. The van der Waals surface area contributed by atoms with E-state index in [1.54, 1.807) is 34.9 Å². The van der Waals surface area contributed by atoms with Crippen molar-refractivity contribution in [3.05, 3.63) is 58.7 Å². The second kappa shape index (κ2) is 5.85. The highest BCUT2D eigenvalue weighted by Crippen LogP contribution is 2.34. The molecule has 2 aromatic carbocycles. The van der Waals surface area contributed by atoms with Gasteiger partial charge in [-0.25, -0.2) is 0 Å². The van der Waals surface area contributed by atoms with Crippen molar-refractivity contribution in [3.63, 3.8) is 0 Å². The molecule has 0 saturated carbocycles. The summed E-state index contributed by atoms with van der Waals surface area (Å²) in [4.78, 5) is 11.1. The Morgan fingerprint density at radius 3 is 2.57 bits per heavy atom. The van der Waals surface area contributed by atoms with Crippen molar-refractivity contribution in [2.45, 2.75) is 13.0 Å². The Hall–Kier alpha value is -2.66. The lowest BCUT2D eigenvalue weighted by Gasteiger charge is -2.09. The molecule has 0 aliphatic rings. The summed E-state index contributed by atoms with van der Waals surface area (Å²) < 4.78 is 1.68. The normalized spacial score (nSPS) is 11.0. The molecule has 0 fully saturated rings. The number of benzene rings is 2. The molecule has 0 aliphatic heterocycles. The zero-order valence-electron chi connectivity index (χ0n) is 12.0. The van der Waals surface area contributed by atoms with Crippen molar-refractivity contribution in [3.8, 4) is 11.5 Å². The number of aromatic hydroxyl groups is 2. The molecule has 3 rings (SSSR count). The van der Waals surface area contributed by atoms with E-state index in [0.717, 1.165) is 0 Å². The average Bonchev–Trinajstić information content (AvgIpc) is 2.74. The van der Waals surface area contributed by atoms with Crippen molar-refractivity contribution in [1.29, 1.82) is 0 Å². The largest absolute Gasteiger partial charge is 0.508 e. The molecule has 23 heavy (non-hydrogen) atoms. The number of hydrogen-bond donors (Lipinski definition) is 3. The number of rotatable bonds is 4. The first kappa shape index (κ1) is 15.2. The van der Waals surface area contributed by atoms with Crippen LogP contribution in [0.15, 0.2) is 42.5 Å². The predicted octanol–water partition coefficient (Wildman–Crippen LogP) is 3.38. The molecule has 0 atom stereocenters. The van der Waals surface area contributed by atoms with Crippen molar-refractivity contribution in [2.24, 2.45) is 0 Å². The van der Waals surface area contributed by atoms with Crippen LogP contribution in [-0.2, 0) is 17.8 Å². The first-order valence-electron chi connectivity index (χ1n) is 6.95. The van der Waals surface area contributed by atoms with E-state index in [2.05, 4.69) is 0 Å². The second-order valence-corrected chi connectivity index (χ2v) is 5.61. The van der Waals surface area contributed by atoms with Gasteiger partial charge in [0, 0.05) is 22.6 Å². The van der Waals surface area contributed by atoms with Gasteiger partial charge in [-0.3, -0.25) is 4.79 Å². The van der Waals surface area contributed by atoms with Crippen molar-refractivity contribution in [1.82, 2.24) is 4.57 Å². The van der Waals surface area contributed by atoms with Gasteiger partial charge in [0.2, 0.25) is 0 Å². The first-order chi connectivity index (χ1) is 11.0. The Bertz CT molecular complexity index is 901. The SMILES string of the molecule is O=C(O)Cc1c(Cl)n(Cc2ccccc2O)c2cc(O)ccc12. The standard InChI is InChI=1S/C17H14ClNO4/c18-17-13(8-16(22)23)12-6-5-11(20)7-14(12)19(17)9-10-3-1-2-4-15(10)21/h1-7,20-21H,8-9H2,(H,22,23). The fourth-order valence-corrected chi connectivity index (χ4v) is 2.99. The molecule has 0 radical (unpaired) electrons. The van der Waals surface area contributed by atoms with Gasteiger partial charge in [0.05, 0.1) is 18.5 Å². The number of phenols is 2. The predicted molar refractivity (Wildman–Crippen MR) is 87.2 cm³/mol. The van der Waals surface area contributed by atoms with Gasteiger partial charge in [0.15, 0.2) is 0 Å². The third-order valence-electron chi connectivity index (χ3n) is 3.73. The molecule has 0 bridgehead atoms. The maximum absolute atomic E-state index is 11.1. The van der Waals surface area contributed by atoms with Crippen molar-refractivity contribution in [2.75, 3.05) is 0 Å². The minimum absolute atomic E-state index is 0.0621. The number of carboxylic acid groups (broad SMARTS) is 1. The van der Waals surface area contributed by atoms with Gasteiger partial charge in [0.25, 0.3) is 0 Å². The number of para-hydroxylation sites is 1. The topological polar surface area (TPSA) is 82.7 Å². The van der Waals surface area contributed by atoms with Gasteiger partial charge in [-0.1, -0.05) is 29.8 Å². The molecule has 0 amide bonds. The van der Waals surface area contributed by atoms with Gasteiger partial charge in [-0.05, 0) is 18.2 Å². The minimum atomic E-state index is -0.985. The van der Waals surface area contributed by atoms with E-state index in [4.69, 9.17) is 16.7 Å². The molecule has 5 nitrogen and oxygen atoms in total. The molecule has 1 heterocycles. The van der Waals surface area contributed by atoms with Crippen LogP contribution in [-0.4, -0.2) is 25.9 Å². The van der Waals surface area contributed by atoms with E-state index in [-0.39, 0.29) is 29.6 Å². The highest BCUT2D eigenvalue weighted by molar-refractivity contribution is 6.32. The Labute approximate surface area is 137 Å². The number of aromatic nitrogens is 1. The number of carboxylic acids is 1. The summed E-state index contributed by atoms with van der Waals surface area (Å²) in [5, 5.41) is 29.7. The van der Waals surface area contributed by atoms with Gasteiger partial charge in [-0.2, -0.15) is 0 Å². The lowest BCUT2D eigenvalue weighted by atomic mass is 10.1. The molecular weight excluding hydrogens is 318 g/mol. The van der Waals surface area contributed by atoms with Gasteiger partial charge >= 0.3 is 5.97 Å². The van der Waals surface area contributed by atoms with Crippen LogP contribution in [0.3, 0.4) is 0 Å². The van der Waals surface area contributed by atoms with Crippen LogP contribution < -0.4 is 0 Å². The number of phenolic OH excluding ortho intramolecular Hbond substituents is 2. The van der Waals surface area contributed by atoms with E-state index >= 15 is 0 Å². The molecule has 118 valence electrons. The van der Waals surface area contributed by atoms with Crippen LogP contribution in [0.25, 0.3) is 10.9 Å². The molecule has 0 saturated heterocycles. The third kappa shape index (κ3) is 2.83. The molecule has 3 N–H and O–H groups in total. The summed E-state index contributed by atoms with van der Waals surface area (Å²) in [6, 6.07) is 11.5. The quantitative estimate of drug-likeness (QED) is 0.684. The second-order valence-electron chi connectivity index (χ2n) is 5.26. The summed E-state index contributed by atoms with van der Waals surface area (Å²) >= 11 is 6.39. The van der Waals surface area contributed by atoms with Crippen LogP contribution in [0.5, 0.6) is 11.5 Å². The zero-order valence-corrected chi connectivity index (χ0v) is 12.8. The highest BCUT2D eigenvalue weighted by atomic mass is 35.5. The first-order valence-corrected chi connectivity index (χ1v) is 7.33. The number of hydrogen-bond acceptors (Lipinski definition) is 3. The van der Waals surface area contributed by atoms with E-state index in [1.807, 2.05) is 0 Å². The fraction of sp³-hybridized carbons (Fsp3) is 0.118. The third-order valence-corrected chi connectivity index (χ3v) is 4.16. The number of nitrogens with zero attached hydrogens (tertiary/aromatic N) is 1. The number of halogens is 1. The van der Waals surface area contributed by atoms with E-state index in [0.29, 0.717) is 22.0 Å². The fourth-order valence-electron chi connectivity index (χ4n) is 2.67. The molecule has 0 aliphatic carbocycles. The molecular formula is C17H14ClNO4. The molecule has 0 spiro atoms. The Morgan fingerprint density at radius 2 is 1.87 bits per heavy atom. The van der Waals surface area contributed by atoms with E-state index < -0.39 is 5.97 Å². The summed E-state index contributed by atoms with van der Waals surface area (Å²) in [6.07, 6.45) is -0.214. The Kier molecular flexibility index (Phi) is 3.88. The Morgan fingerprint density at radius 1 is 1.13 bits per heavy atom. The summed E-state index contributed by atoms with van der Waals surface area (Å²) in [7, 11) is 0. The number of aliphatic carboxylic acids is 1. The average molecular weight is 332 g/mol. The van der Waals surface area contributed by atoms with Gasteiger partial charge in [0.1, 0.15) is 16.7 Å². The molecule has 1 aromatic heterocycles. The van der Waals surface area contributed by atoms with Crippen LogP contribution in [0, 0.1) is 0 Å². The summed E-state index contributed by atoms with van der Waals surface area (Å²) in [6.45, 7) is 0.269. The number of carbonyl (C=O) groups is 1. The lowest BCUT2D eigenvalue weighted by molar-refractivity contribution is -0.136. The lowest BCUT2D eigenvalue weighted by Crippen LogP contribution is -2.02. The van der Waals surface area contributed by atoms with E-state index in [1.165, 1.54) is 12.1 Å². The summed E-state index contributed by atoms with van der Waals surface area (Å²) in [5.74, 6) is -0.793. The van der Waals surface area contributed by atoms with Crippen LogP contribution >= 0.6 is 11.6 Å². The highest BCUT2D eigenvalue weighted by Gasteiger charge is 2.19. The van der Waals surface area contributed by atoms with Crippen molar-refractivity contribution >= 4 is 28.5 Å². The Balaban J connectivity index is 2.19. The molecule has 0 unspecified atom stereocenters. The van der Waals surface area contributed by atoms with Gasteiger partial charge in [-0.15, -0.1) is 0 Å². The maximum atomic E-state index is 11.1. The minimum Gasteiger partial charge on any atom is -0.508 e. The van der Waals surface area contributed by atoms with Gasteiger partial charge < -0.3 is 19.9 Å². The van der Waals surface area contributed by atoms with Crippen LogP contribution in [0.2, 0.25) is 5.15 Å². The van der Waals surface area contributed by atoms with E-state index in [9.17, 15) is 15.0 Å². The molecule has 3 aromatic rings. The zero-order chi connectivity index (χ0) is 16.6.